The van der Waals surface area contributed by atoms with Gasteiger partial charge in [0.1, 0.15) is 28.8 Å². The summed E-state index contributed by atoms with van der Waals surface area (Å²) in [6, 6.07) is 14.4. The maximum absolute atomic E-state index is 11.7. The van der Waals surface area contributed by atoms with E-state index in [0.29, 0.717) is 29.8 Å². The van der Waals surface area contributed by atoms with E-state index >= 15 is 0 Å². The molecule has 0 spiro atoms. The first-order valence-electron chi connectivity index (χ1n) is 18.5. The van der Waals surface area contributed by atoms with Crippen molar-refractivity contribution in [2.45, 2.75) is 106 Å². The third kappa shape index (κ3) is 11.1. The largest absolute Gasteiger partial charge is 0.457 e. The molecule has 50 heavy (non-hydrogen) atoms. The van der Waals surface area contributed by atoms with Crippen molar-refractivity contribution < 1.29 is 9.53 Å². The fourth-order valence-electron chi connectivity index (χ4n) is 6.08. The topological polar surface area (TPSA) is 84.0 Å². The van der Waals surface area contributed by atoms with Crippen molar-refractivity contribution in [2.24, 2.45) is 16.6 Å². The second kappa shape index (κ2) is 19.7. The van der Waals surface area contributed by atoms with E-state index in [1.807, 2.05) is 49.3 Å². The van der Waals surface area contributed by atoms with Gasteiger partial charge in [-0.3, -0.25) is 4.79 Å². The Morgan fingerprint density at radius 3 is 2.40 bits per heavy atom. The Kier molecular flexibility index (Phi) is 15.8. The number of pyridine rings is 1. The van der Waals surface area contributed by atoms with Crippen molar-refractivity contribution >= 4 is 28.8 Å². The van der Waals surface area contributed by atoms with Gasteiger partial charge in [0, 0.05) is 32.2 Å². The molecule has 7 nitrogen and oxygen atoms in total. The van der Waals surface area contributed by atoms with E-state index in [1.165, 1.54) is 17.2 Å². The summed E-state index contributed by atoms with van der Waals surface area (Å²) in [7, 11) is 2.02. The zero-order chi connectivity index (χ0) is 36.8. The predicted molar refractivity (Wildman–Crippen MR) is 214 cm³/mol. The number of anilines is 2. The Morgan fingerprint density at radius 1 is 1.00 bits per heavy atom. The molecule has 0 bridgehead atoms. The monoisotopic (exact) mass is 679 g/mol. The molecular formula is C43H61N5O2. The Balaban J connectivity index is 1.91. The molecule has 2 atom stereocenters. The lowest BCUT2D eigenvalue weighted by Gasteiger charge is -2.29. The summed E-state index contributed by atoms with van der Waals surface area (Å²) in [4.78, 5) is 26.3. The number of nitrogens with two attached hydrogens (primary N) is 1. The number of benzene rings is 2. The molecule has 0 aliphatic heterocycles. The van der Waals surface area contributed by atoms with Crippen molar-refractivity contribution in [2.75, 3.05) is 29.9 Å². The fourth-order valence-corrected chi connectivity index (χ4v) is 6.08. The quantitative estimate of drug-likeness (QED) is 0.0522. The minimum Gasteiger partial charge on any atom is -0.457 e. The molecule has 3 rings (SSSR count). The maximum Gasteiger partial charge on any atom is 0.155 e. The fraction of sp³-hybridized carbons (Fsp3) is 0.465. The molecule has 2 aromatic carbocycles. The van der Waals surface area contributed by atoms with Crippen LogP contribution in [0.4, 0.5) is 17.2 Å². The van der Waals surface area contributed by atoms with Gasteiger partial charge in [-0.05, 0) is 122 Å². The highest BCUT2D eigenvalue weighted by atomic mass is 16.5. The first kappa shape index (κ1) is 40.0. The first-order chi connectivity index (χ1) is 23.9. The summed E-state index contributed by atoms with van der Waals surface area (Å²) < 4.78 is 6.40. The molecule has 1 aromatic heterocycles. The molecule has 0 saturated heterocycles. The number of hydrogen-bond acceptors (Lipinski definition) is 6. The lowest BCUT2D eigenvalue weighted by Crippen LogP contribution is -2.32. The van der Waals surface area contributed by atoms with E-state index in [2.05, 4.69) is 77.8 Å². The highest BCUT2D eigenvalue weighted by molar-refractivity contribution is 5.99. The second-order valence-corrected chi connectivity index (χ2v) is 13.7. The third-order valence-electron chi connectivity index (χ3n) is 9.57. The van der Waals surface area contributed by atoms with Gasteiger partial charge in [0.15, 0.2) is 5.78 Å². The second-order valence-electron chi connectivity index (χ2n) is 13.7. The highest BCUT2D eigenvalue weighted by Gasteiger charge is 2.20. The van der Waals surface area contributed by atoms with Crippen molar-refractivity contribution in [3.05, 3.63) is 95.8 Å². The molecule has 1 heterocycles. The summed E-state index contributed by atoms with van der Waals surface area (Å²) in [6.07, 6.45) is 10.7. The predicted octanol–water partition coefficient (Wildman–Crippen LogP) is 10.7. The van der Waals surface area contributed by atoms with Crippen LogP contribution in [0.3, 0.4) is 0 Å². The zero-order valence-corrected chi connectivity index (χ0v) is 32.0. The van der Waals surface area contributed by atoms with Crippen LogP contribution >= 0.6 is 0 Å². The number of amidine groups is 1. The molecule has 2 unspecified atom stereocenters. The number of ether oxygens (including phenoxy) is 1. The summed E-state index contributed by atoms with van der Waals surface area (Å²) in [6.45, 7) is 24.6. The van der Waals surface area contributed by atoms with Gasteiger partial charge in [-0.15, -0.1) is 0 Å². The van der Waals surface area contributed by atoms with Crippen molar-refractivity contribution in [3.8, 4) is 11.5 Å². The smallest absolute Gasteiger partial charge is 0.155 e. The van der Waals surface area contributed by atoms with Crippen LogP contribution < -0.4 is 20.3 Å². The van der Waals surface area contributed by atoms with Crippen LogP contribution in [0.25, 0.3) is 0 Å². The summed E-state index contributed by atoms with van der Waals surface area (Å²) in [5, 5.41) is 0. The van der Waals surface area contributed by atoms with E-state index in [0.717, 1.165) is 97.9 Å². The van der Waals surface area contributed by atoms with E-state index in [1.54, 1.807) is 0 Å². The van der Waals surface area contributed by atoms with Gasteiger partial charge in [-0.25, -0.2) is 9.98 Å². The van der Waals surface area contributed by atoms with E-state index < -0.39 is 0 Å². The van der Waals surface area contributed by atoms with Crippen molar-refractivity contribution in [3.63, 3.8) is 0 Å². The number of aryl methyl sites for hydroxylation is 3. The average molecular weight is 680 g/mol. The third-order valence-corrected chi connectivity index (χ3v) is 9.57. The standard InChI is InChI=1S/C43H61N5O2/c1-11-19-34-26-33(9)41(46-43(34)48(29-30(6)12-2)25-18-16-17-20-36(49)14-4)42(44)45-35-21-24-40(32(8)27-35)50-37-22-23-39(47(10)15-5)38(28-37)31(7)13-3/h14-15,21-24,26-28,30-31H,4-5,11-13,16-20,25,29H2,1-3,6-10H3,(H2,44,45). The van der Waals surface area contributed by atoms with Crippen LogP contribution in [0.5, 0.6) is 11.5 Å². The number of aliphatic imine (C=N–C) groups is 1. The van der Waals surface area contributed by atoms with Crippen molar-refractivity contribution in [1.82, 2.24) is 4.98 Å². The van der Waals surface area contributed by atoms with Gasteiger partial charge in [0.2, 0.25) is 0 Å². The number of ketones is 1. The van der Waals surface area contributed by atoms with Crippen LogP contribution in [0.15, 0.2) is 72.9 Å². The Bertz CT molecular complexity index is 1630. The number of allylic oxidation sites excluding steroid dienone is 1. The minimum atomic E-state index is 0.113. The molecule has 0 aliphatic carbocycles. The Labute approximate surface area is 302 Å². The number of carbonyl (C=O) groups is 1. The highest BCUT2D eigenvalue weighted by Crippen LogP contribution is 2.36. The number of unbranched alkanes of at least 4 members (excludes halogenated alkanes) is 2. The molecule has 2 N–H and O–H groups in total. The van der Waals surface area contributed by atoms with Gasteiger partial charge in [-0.2, -0.15) is 0 Å². The molecular weight excluding hydrogens is 619 g/mol. The molecule has 0 amide bonds. The van der Waals surface area contributed by atoms with Crippen molar-refractivity contribution in [1.29, 1.82) is 0 Å². The average Bonchev–Trinajstić information content (AvgIpc) is 3.11. The molecule has 3 aromatic rings. The van der Waals surface area contributed by atoms with Gasteiger partial charge in [0.05, 0.1) is 5.69 Å². The number of nitrogens with zero attached hydrogens (tertiary/aromatic N) is 4. The molecule has 0 saturated carbocycles. The van der Waals surface area contributed by atoms with E-state index in [9.17, 15) is 4.79 Å². The maximum atomic E-state index is 11.7. The first-order valence-corrected chi connectivity index (χ1v) is 18.5. The molecule has 0 aliphatic rings. The summed E-state index contributed by atoms with van der Waals surface area (Å²) in [5.74, 6) is 3.97. The van der Waals surface area contributed by atoms with Crippen LogP contribution in [-0.2, 0) is 11.2 Å². The van der Waals surface area contributed by atoms with Crippen LogP contribution in [0.2, 0.25) is 0 Å². The van der Waals surface area contributed by atoms with Gasteiger partial charge < -0.3 is 20.3 Å². The zero-order valence-electron chi connectivity index (χ0n) is 32.0. The van der Waals surface area contributed by atoms with Crippen LogP contribution in [-0.4, -0.2) is 36.7 Å². The van der Waals surface area contributed by atoms with E-state index in [4.69, 9.17) is 20.4 Å². The lowest BCUT2D eigenvalue weighted by molar-refractivity contribution is -0.114. The molecule has 0 radical (unpaired) electrons. The van der Waals surface area contributed by atoms with Crippen LogP contribution in [0.1, 0.15) is 113 Å². The molecule has 7 heteroatoms. The van der Waals surface area contributed by atoms with Crippen LogP contribution in [0, 0.1) is 19.8 Å². The summed E-state index contributed by atoms with van der Waals surface area (Å²) in [5.41, 5.74) is 13.8. The van der Waals surface area contributed by atoms with Gasteiger partial charge in [-0.1, -0.05) is 73.1 Å². The van der Waals surface area contributed by atoms with Gasteiger partial charge >= 0.3 is 0 Å². The SMILES string of the molecule is C=CC(=O)CCCCCN(CC(C)CC)c1nc(C(N)=Nc2ccc(Oc3ccc(N(C)C=C)c(C(C)CC)c3)c(C)c2)c(C)cc1CCC. The number of hydrogen-bond donors (Lipinski definition) is 1. The minimum absolute atomic E-state index is 0.113. The van der Waals surface area contributed by atoms with Gasteiger partial charge in [0.25, 0.3) is 0 Å². The number of carbonyl (C=O) groups excluding carboxylic acids is 1. The number of aromatic nitrogens is 1. The van der Waals surface area contributed by atoms with E-state index in [-0.39, 0.29) is 5.78 Å². The molecule has 270 valence electrons. The molecule has 0 fully saturated rings. The summed E-state index contributed by atoms with van der Waals surface area (Å²) >= 11 is 0. The lowest BCUT2D eigenvalue weighted by atomic mass is 9.96. The Hall–Kier alpha value is -4.39. The number of rotatable bonds is 21. The Morgan fingerprint density at radius 2 is 1.76 bits per heavy atom. The normalized spacial score (nSPS) is 12.7.